The lowest BCUT2D eigenvalue weighted by molar-refractivity contribution is 0.0696. The van der Waals surface area contributed by atoms with E-state index in [4.69, 9.17) is 4.98 Å². The van der Waals surface area contributed by atoms with Gasteiger partial charge < -0.3 is 10.0 Å². The first-order valence-corrected chi connectivity index (χ1v) is 7.79. The average molecular weight is 289 g/mol. The molecule has 1 aromatic heterocycles. The number of fused-ring (bicyclic) bond motifs is 1. The molecule has 3 rings (SSSR count). The van der Waals surface area contributed by atoms with Crippen LogP contribution in [0.4, 0.5) is 5.82 Å². The number of hydrogen-bond acceptors (Lipinski definition) is 4. The third kappa shape index (κ3) is 2.88. The second-order valence-corrected chi connectivity index (χ2v) is 6.38. The molecular weight excluding hydrogens is 266 g/mol. The first-order valence-electron chi connectivity index (χ1n) is 7.79. The van der Waals surface area contributed by atoms with E-state index in [9.17, 15) is 9.90 Å². The molecule has 3 heterocycles. The molecule has 0 bridgehead atoms. The summed E-state index contributed by atoms with van der Waals surface area (Å²) in [5, 5.41) is 9.31. The molecule has 1 unspecified atom stereocenters. The zero-order valence-corrected chi connectivity index (χ0v) is 12.7. The number of hydrogen-bond donors (Lipinski definition) is 1. The highest BCUT2D eigenvalue weighted by atomic mass is 16.4. The predicted molar refractivity (Wildman–Crippen MR) is 82.1 cm³/mol. The Morgan fingerprint density at radius 1 is 1.33 bits per heavy atom. The van der Waals surface area contributed by atoms with Crippen molar-refractivity contribution in [2.75, 3.05) is 31.1 Å². The standard InChI is InChI=1S/C16H23N3O2/c1-11(2)14-8-12(16(20)21)9-15(17-14)19-7-6-18-5-3-4-13(18)10-19/h8-9,11,13H,3-7,10H2,1-2H3,(H,20,21). The summed E-state index contributed by atoms with van der Waals surface area (Å²) in [6.45, 7) is 8.26. The summed E-state index contributed by atoms with van der Waals surface area (Å²) in [7, 11) is 0. The molecule has 2 aliphatic heterocycles. The van der Waals surface area contributed by atoms with Crippen LogP contribution < -0.4 is 4.90 Å². The van der Waals surface area contributed by atoms with Gasteiger partial charge in [0.2, 0.25) is 0 Å². The molecule has 2 saturated heterocycles. The van der Waals surface area contributed by atoms with Gasteiger partial charge in [-0.15, -0.1) is 0 Å². The number of aromatic nitrogens is 1. The number of carbonyl (C=O) groups is 1. The molecule has 1 atom stereocenters. The van der Waals surface area contributed by atoms with Crippen LogP contribution in [-0.2, 0) is 0 Å². The molecule has 0 radical (unpaired) electrons. The zero-order valence-electron chi connectivity index (χ0n) is 12.7. The van der Waals surface area contributed by atoms with Crippen LogP contribution >= 0.6 is 0 Å². The lowest BCUT2D eigenvalue weighted by Gasteiger charge is -2.38. The zero-order chi connectivity index (χ0) is 15.0. The summed E-state index contributed by atoms with van der Waals surface area (Å²) < 4.78 is 0. The number of anilines is 1. The summed E-state index contributed by atoms with van der Waals surface area (Å²) in [6, 6.07) is 4.03. The number of carboxylic acids is 1. The SMILES string of the molecule is CC(C)c1cc(C(=O)O)cc(N2CCN3CCCC3C2)n1. The van der Waals surface area contributed by atoms with Gasteiger partial charge in [-0.2, -0.15) is 0 Å². The third-order valence-electron chi connectivity index (χ3n) is 4.58. The minimum absolute atomic E-state index is 0.232. The number of aromatic carboxylic acids is 1. The van der Waals surface area contributed by atoms with Gasteiger partial charge in [0.15, 0.2) is 0 Å². The van der Waals surface area contributed by atoms with E-state index in [2.05, 4.69) is 9.80 Å². The summed E-state index contributed by atoms with van der Waals surface area (Å²) in [6.07, 6.45) is 2.52. The maximum atomic E-state index is 11.3. The highest BCUT2D eigenvalue weighted by Crippen LogP contribution is 2.26. The Labute approximate surface area is 125 Å². The number of piperazine rings is 1. The number of rotatable bonds is 3. The van der Waals surface area contributed by atoms with Gasteiger partial charge in [0.05, 0.1) is 5.56 Å². The Morgan fingerprint density at radius 2 is 2.14 bits per heavy atom. The third-order valence-corrected chi connectivity index (χ3v) is 4.58. The van der Waals surface area contributed by atoms with Crippen LogP contribution in [0, 0.1) is 0 Å². The van der Waals surface area contributed by atoms with Crippen LogP contribution in [0.25, 0.3) is 0 Å². The number of carboxylic acid groups (broad SMARTS) is 1. The van der Waals surface area contributed by atoms with E-state index in [1.807, 2.05) is 13.8 Å². The first-order chi connectivity index (χ1) is 10.0. The fourth-order valence-corrected chi connectivity index (χ4v) is 3.32. The fourth-order valence-electron chi connectivity index (χ4n) is 3.32. The van der Waals surface area contributed by atoms with Crippen molar-refractivity contribution in [3.63, 3.8) is 0 Å². The highest BCUT2D eigenvalue weighted by molar-refractivity contribution is 5.88. The molecule has 2 fully saturated rings. The second kappa shape index (κ2) is 5.64. The van der Waals surface area contributed by atoms with E-state index in [1.165, 1.54) is 19.4 Å². The van der Waals surface area contributed by atoms with Gasteiger partial charge in [0, 0.05) is 31.4 Å². The normalized spacial score (nSPS) is 22.6. The minimum Gasteiger partial charge on any atom is -0.478 e. The molecular formula is C16H23N3O2. The van der Waals surface area contributed by atoms with Crippen molar-refractivity contribution in [3.05, 3.63) is 23.4 Å². The highest BCUT2D eigenvalue weighted by Gasteiger charge is 2.31. The van der Waals surface area contributed by atoms with Gasteiger partial charge in [0.1, 0.15) is 5.82 Å². The molecule has 5 heteroatoms. The van der Waals surface area contributed by atoms with Crippen LogP contribution in [0.3, 0.4) is 0 Å². The molecule has 0 spiro atoms. The Bertz CT molecular complexity index is 544. The summed E-state index contributed by atoms with van der Waals surface area (Å²) in [5.41, 5.74) is 1.20. The maximum absolute atomic E-state index is 11.3. The van der Waals surface area contributed by atoms with Crippen molar-refractivity contribution in [3.8, 4) is 0 Å². The average Bonchev–Trinajstić information content (AvgIpc) is 2.94. The van der Waals surface area contributed by atoms with Crippen LogP contribution in [0.1, 0.15) is 48.7 Å². The second-order valence-electron chi connectivity index (χ2n) is 6.38. The molecule has 0 amide bonds. The van der Waals surface area contributed by atoms with Crippen molar-refractivity contribution in [1.29, 1.82) is 0 Å². The van der Waals surface area contributed by atoms with Crippen LogP contribution in [0.5, 0.6) is 0 Å². The molecule has 21 heavy (non-hydrogen) atoms. The van der Waals surface area contributed by atoms with E-state index in [-0.39, 0.29) is 5.92 Å². The molecule has 0 aromatic carbocycles. The van der Waals surface area contributed by atoms with E-state index < -0.39 is 5.97 Å². The van der Waals surface area contributed by atoms with Crippen LogP contribution in [0.15, 0.2) is 12.1 Å². The van der Waals surface area contributed by atoms with E-state index >= 15 is 0 Å². The lowest BCUT2D eigenvalue weighted by Crippen LogP contribution is -2.50. The van der Waals surface area contributed by atoms with Gasteiger partial charge in [-0.3, -0.25) is 4.90 Å². The minimum atomic E-state index is -0.875. The molecule has 0 saturated carbocycles. The summed E-state index contributed by atoms with van der Waals surface area (Å²) in [5.74, 6) is 0.182. The molecule has 0 aliphatic carbocycles. The topological polar surface area (TPSA) is 56.7 Å². The Hall–Kier alpha value is -1.62. The van der Waals surface area contributed by atoms with Crippen molar-refractivity contribution >= 4 is 11.8 Å². The maximum Gasteiger partial charge on any atom is 0.335 e. The van der Waals surface area contributed by atoms with Crippen LogP contribution in [-0.4, -0.2) is 53.2 Å². The largest absolute Gasteiger partial charge is 0.478 e. The molecule has 114 valence electrons. The van der Waals surface area contributed by atoms with E-state index in [0.717, 1.165) is 31.1 Å². The smallest absolute Gasteiger partial charge is 0.335 e. The van der Waals surface area contributed by atoms with Gasteiger partial charge >= 0.3 is 5.97 Å². The van der Waals surface area contributed by atoms with Gasteiger partial charge in [-0.25, -0.2) is 9.78 Å². The van der Waals surface area contributed by atoms with Gasteiger partial charge in [-0.05, 0) is 37.4 Å². The van der Waals surface area contributed by atoms with Crippen LogP contribution in [0.2, 0.25) is 0 Å². The molecule has 1 aromatic rings. The van der Waals surface area contributed by atoms with Crippen molar-refractivity contribution < 1.29 is 9.90 Å². The van der Waals surface area contributed by atoms with Gasteiger partial charge in [0.25, 0.3) is 0 Å². The Morgan fingerprint density at radius 3 is 2.86 bits per heavy atom. The predicted octanol–water partition coefficient (Wildman–Crippen LogP) is 2.19. The lowest BCUT2D eigenvalue weighted by atomic mass is 10.1. The van der Waals surface area contributed by atoms with E-state index in [0.29, 0.717) is 11.6 Å². The Balaban J connectivity index is 1.88. The van der Waals surface area contributed by atoms with Crippen molar-refractivity contribution in [2.45, 2.75) is 38.6 Å². The summed E-state index contributed by atoms with van der Waals surface area (Å²) >= 11 is 0. The summed E-state index contributed by atoms with van der Waals surface area (Å²) in [4.78, 5) is 20.8. The molecule has 1 N–H and O–H groups in total. The monoisotopic (exact) mass is 289 g/mol. The number of pyridine rings is 1. The first kappa shape index (κ1) is 14.3. The fraction of sp³-hybridized carbons (Fsp3) is 0.625. The number of nitrogens with zero attached hydrogens (tertiary/aromatic N) is 3. The molecule has 2 aliphatic rings. The quantitative estimate of drug-likeness (QED) is 0.924. The van der Waals surface area contributed by atoms with Crippen molar-refractivity contribution in [1.82, 2.24) is 9.88 Å². The van der Waals surface area contributed by atoms with E-state index in [1.54, 1.807) is 12.1 Å². The van der Waals surface area contributed by atoms with Gasteiger partial charge in [-0.1, -0.05) is 13.8 Å². The Kier molecular flexibility index (Phi) is 3.85. The van der Waals surface area contributed by atoms with Crippen molar-refractivity contribution in [2.24, 2.45) is 0 Å². The molecule has 5 nitrogen and oxygen atoms in total.